The summed E-state index contributed by atoms with van der Waals surface area (Å²) in [4.78, 5) is 23.5. The first-order valence-electron chi connectivity index (χ1n) is 6.59. The van der Waals surface area contributed by atoms with Gasteiger partial charge in [-0.1, -0.05) is 30.3 Å². The van der Waals surface area contributed by atoms with Gasteiger partial charge < -0.3 is 10.6 Å². The van der Waals surface area contributed by atoms with E-state index in [-0.39, 0.29) is 11.7 Å². The maximum absolute atomic E-state index is 13.4. The molecular weight excluding hydrogens is 290 g/mol. The number of hydrogen-bond donors (Lipinski definition) is 2. The standard InChI is InChI=1S/C16H14F2N2O2/c1-10(11-5-3-2-4-6-11)19-15(21)16(22)20-14-8-7-12(17)9-13(14)18/h2-10H,1H3,(H,19,21)(H,20,22). The summed E-state index contributed by atoms with van der Waals surface area (Å²) in [5.41, 5.74) is 0.575. The van der Waals surface area contributed by atoms with Gasteiger partial charge in [-0.05, 0) is 24.6 Å². The third kappa shape index (κ3) is 3.88. The molecule has 2 N–H and O–H groups in total. The Morgan fingerprint density at radius 1 is 1.00 bits per heavy atom. The van der Waals surface area contributed by atoms with Gasteiger partial charge in [-0.15, -0.1) is 0 Å². The van der Waals surface area contributed by atoms with Crippen molar-refractivity contribution in [3.8, 4) is 0 Å². The van der Waals surface area contributed by atoms with Crippen LogP contribution in [0, 0.1) is 11.6 Å². The van der Waals surface area contributed by atoms with Crippen molar-refractivity contribution >= 4 is 17.5 Å². The van der Waals surface area contributed by atoms with E-state index >= 15 is 0 Å². The lowest BCUT2D eigenvalue weighted by molar-refractivity contribution is -0.136. The minimum Gasteiger partial charge on any atom is -0.341 e. The molecule has 0 aliphatic rings. The van der Waals surface area contributed by atoms with E-state index in [1.807, 2.05) is 30.3 Å². The number of hydrogen-bond acceptors (Lipinski definition) is 2. The monoisotopic (exact) mass is 304 g/mol. The van der Waals surface area contributed by atoms with Crippen LogP contribution in [0.2, 0.25) is 0 Å². The van der Waals surface area contributed by atoms with Gasteiger partial charge >= 0.3 is 11.8 Å². The molecule has 0 bridgehead atoms. The molecule has 1 unspecified atom stereocenters. The van der Waals surface area contributed by atoms with Crippen LogP contribution in [0.15, 0.2) is 48.5 Å². The summed E-state index contributed by atoms with van der Waals surface area (Å²) in [5, 5.41) is 4.60. The fourth-order valence-electron chi connectivity index (χ4n) is 1.86. The van der Waals surface area contributed by atoms with Crippen molar-refractivity contribution in [2.45, 2.75) is 13.0 Å². The van der Waals surface area contributed by atoms with Crippen LogP contribution in [0.1, 0.15) is 18.5 Å². The molecule has 2 aromatic rings. The highest BCUT2D eigenvalue weighted by Crippen LogP contribution is 2.15. The lowest BCUT2D eigenvalue weighted by Gasteiger charge is -2.14. The summed E-state index contributed by atoms with van der Waals surface area (Å²) >= 11 is 0. The highest BCUT2D eigenvalue weighted by atomic mass is 19.1. The number of amides is 2. The van der Waals surface area contributed by atoms with E-state index in [0.717, 1.165) is 17.7 Å². The normalized spacial score (nSPS) is 11.6. The van der Waals surface area contributed by atoms with Gasteiger partial charge in [0.25, 0.3) is 0 Å². The minimum atomic E-state index is -1.02. The molecule has 2 rings (SSSR count). The summed E-state index contributed by atoms with van der Waals surface area (Å²) in [7, 11) is 0. The lowest BCUT2D eigenvalue weighted by Crippen LogP contribution is -2.37. The number of carbonyl (C=O) groups is 2. The SMILES string of the molecule is CC(NC(=O)C(=O)Nc1ccc(F)cc1F)c1ccccc1. The Labute approximate surface area is 126 Å². The zero-order valence-corrected chi connectivity index (χ0v) is 11.8. The summed E-state index contributed by atoms with van der Waals surface area (Å²) in [5.74, 6) is -3.64. The van der Waals surface area contributed by atoms with E-state index < -0.39 is 23.4 Å². The molecule has 2 aromatic carbocycles. The van der Waals surface area contributed by atoms with Crippen LogP contribution in [0.25, 0.3) is 0 Å². The Bertz CT molecular complexity index is 690. The highest BCUT2D eigenvalue weighted by Gasteiger charge is 2.18. The highest BCUT2D eigenvalue weighted by molar-refractivity contribution is 6.39. The first-order chi connectivity index (χ1) is 10.5. The average molecular weight is 304 g/mol. The van der Waals surface area contributed by atoms with Crippen molar-refractivity contribution in [2.75, 3.05) is 5.32 Å². The molecule has 2 amide bonds. The molecule has 22 heavy (non-hydrogen) atoms. The number of nitrogens with one attached hydrogen (secondary N) is 2. The Balaban J connectivity index is 1.99. The summed E-state index contributed by atoms with van der Waals surface area (Å²) in [6.45, 7) is 1.72. The molecule has 1 atom stereocenters. The number of carbonyl (C=O) groups excluding carboxylic acids is 2. The second kappa shape index (κ2) is 6.80. The molecule has 0 saturated carbocycles. The second-order valence-corrected chi connectivity index (χ2v) is 4.68. The maximum Gasteiger partial charge on any atom is 0.313 e. The molecule has 114 valence electrons. The van der Waals surface area contributed by atoms with Crippen molar-refractivity contribution in [1.29, 1.82) is 0 Å². The van der Waals surface area contributed by atoms with Crippen molar-refractivity contribution in [1.82, 2.24) is 5.32 Å². The van der Waals surface area contributed by atoms with Crippen LogP contribution in [-0.4, -0.2) is 11.8 Å². The quantitative estimate of drug-likeness (QED) is 0.857. The predicted molar refractivity (Wildman–Crippen MR) is 78.0 cm³/mol. The Kier molecular flexibility index (Phi) is 4.83. The van der Waals surface area contributed by atoms with Crippen LogP contribution >= 0.6 is 0 Å². The second-order valence-electron chi connectivity index (χ2n) is 4.68. The first-order valence-corrected chi connectivity index (χ1v) is 6.59. The molecule has 0 aromatic heterocycles. The van der Waals surface area contributed by atoms with Gasteiger partial charge in [-0.25, -0.2) is 8.78 Å². The third-order valence-electron chi connectivity index (χ3n) is 3.03. The van der Waals surface area contributed by atoms with Crippen molar-refractivity contribution in [2.24, 2.45) is 0 Å². The van der Waals surface area contributed by atoms with Gasteiger partial charge in [0, 0.05) is 6.07 Å². The zero-order valence-electron chi connectivity index (χ0n) is 11.8. The molecule has 0 aliphatic carbocycles. The summed E-state index contributed by atoms with van der Waals surface area (Å²) < 4.78 is 26.2. The van der Waals surface area contributed by atoms with Crippen molar-refractivity contribution < 1.29 is 18.4 Å². The van der Waals surface area contributed by atoms with Crippen molar-refractivity contribution in [3.63, 3.8) is 0 Å². The fourth-order valence-corrected chi connectivity index (χ4v) is 1.86. The maximum atomic E-state index is 13.4. The zero-order chi connectivity index (χ0) is 16.1. The van der Waals surface area contributed by atoms with Gasteiger partial charge in [0.2, 0.25) is 0 Å². The molecule has 0 heterocycles. The van der Waals surface area contributed by atoms with Crippen LogP contribution < -0.4 is 10.6 Å². The average Bonchev–Trinajstić information content (AvgIpc) is 2.50. The summed E-state index contributed by atoms with van der Waals surface area (Å²) in [6.07, 6.45) is 0. The lowest BCUT2D eigenvalue weighted by atomic mass is 10.1. The Morgan fingerprint density at radius 2 is 1.68 bits per heavy atom. The first kappa shape index (κ1) is 15.6. The molecule has 0 aliphatic heterocycles. The van der Waals surface area contributed by atoms with E-state index in [0.29, 0.717) is 6.07 Å². The van der Waals surface area contributed by atoms with Gasteiger partial charge in [0.1, 0.15) is 11.6 Å². The molecular formula is C16H14F2N2O2. The van der Waals surface area contributed by atoms with Gasteiger partial charge in [-0.2, -0.15) is 0 Å². The smallest absolute Gasteiger partial charge is 0.313 e. The molecule has 6 heteroatoms. The van der Waals surface area contributed by atoms with Crippen LogP contribution in [0.5, 0.6) is 0 Å². The van der Waals surface area contributed by atoms with Crippen LogP contribution in [0.4, 0.5) is 14.5 Å². The number of halogens is 2. The van der Waals surface area contributed by atoms with E-state index in [1.165, 1.54) is 0 Å². The topological polar surface area (TPSA) is 58.2 Å². The number of benzene rings is 2. The number of rotatable bonds is 3. The van der Waals surface area contributed by atoms with E-state index in [9.17, 15) is 18.4 Å². The van der Waals surface area contributed by atoms with Crippen LogP contribution in [0.3, 0.4) is 0 Å². The molecule has 0 saturated heterocycles. The fraction of sp³-hybridized carbons (Fsp3) is 0.125. The van der Waals surface area contributed by atoms with E-state index in [4.69, 9.17) is 0 Å². The van der Waals surface area contributed by atoms with E-state index in [2.05, 4.69) is 10.6 Å². The van der Waals surface area contributed by atoms with E-state index in [1.54, 1.807) is 6.92 Å². The minimum absolute atomic E-state index is 0.256. The van der Waals surface area contributed by atoms with Gasteiger partial charge in [0.05, 0.1) is 11.7 Å². The Hall–Kier alpha value is -2.76. The Morgan fingerprint density at radius 3 is 2.32 bits per heavy atom. The molecule has 0 spiro atoms. The molecule has 0 radical (unpaired) electrons. The number of anilines is 1. The van der Waals surface area contributed by atoms with Gasteiger partial charge in [-0.3, -0.25) is 9.59 Å². The third-order valence-corrected chi connectivity index (χ3v) is 3.03. The molecule has 0 fully saturated rings. The van der Waals surface area contributed by atoms with Gasteiger partial charge in [0.15, 0.2) is 0 Å². The predicted octanol–water partition coefficient (Wildman–Crippen LogP) is 2.78. The molecule has 4 nitrogen and oxygen atoms in total. The van der Waals surface area contributed by atoms with Crippen LogP contribution in [-0.2, 0) is 9.59 Å². The van der Waals surface area contributed by atoms with Crippen molar-refractivity contribution in [3.05, 3.63) is 65.7 Å². The largest absolute Gasteiger partial charge is 0.341 e. The summed E-state index contributed by atoms with van der Waals surface area (Å²) in [6, 6.07) is 11.4.